The van der Waals surface area contributed by atoms with Crippen LogP contribution in [0.25, 0.3) is 21.8 Å². The molecule has 27 heavy (non-hydrogen) atoms. The van der Waals surface area contributed by atoms with Crippen LogP contribution in [0.15, 0.2) is 63.5 Å². The molecular weight excluding hydrogens is 475 g/mol. The van der Waals surface area contributed by atoms with E-state index < -0.39 is 0 Å². The lowest BCUT2D eigenvalue weighted by Gasteiger charge is -2.04. The third kappa shape index (κ3) is 4.95. The number of nitrogens with zero attached hydrogens (tertiary/aromatic N) is 2. The van der Waals surface area contributed by atoms with E-state index in [9.17, 15) is 9.59 Å². The van der Waals surface area contributed by atoms with Gasteiger partial charge in [-0.3, -0.25) is 9.59 Å². The molecule has 2 heterocycles. The van der Waals surface area contributed by atoms with E-state index in [1.54, 1.807) is 11.8 Å². The first-order chi connectivity index (χ1) is 12.9. The molecule has 0 atom stereocenters. The summed E-state index contributed by atoms with van der Waals surface area (Å²) >= 11 is 3.91. The number of halogens is 1. The molecule has 0 bridgehead atoms. The molecule has 0 saturated heterocycles. The number of benzene rings is 2. The second-order valence-corrected chi connectivity index (χ2v) is 8.87. The number of fused-ring (bicyclic) bond motifs is 2. The molecule has 0 saturated carbocycles. The van der Waals surface area contributed by atoms with Crippen LogP contribution in [-0.4, -0.2) is 25.2 Å². The Kier molecular flexibility index (Phi) is 6.27. The highest BCUT2D eigenvalue weighted by molar-refractivity contribution is 14.1. The maximum atomic E-state index is 11.5. The quantitative estimate of drug-likeness (QED) is 0.327. The van der Waals surface area contributed by atoms with Gasteiger partial charge in [-0.05, 0) is 59.0 Å². The molecule has 8 heteroatoms. The molecule has 0 aliphatic heterocycles. The van der Waals surface area contributed by atoms with Crippen LogP contribution in [0.5, 0.6) is 0 Å². The zero-order valence-corrected chi connectivity index (χ0v) is 17.7. The summed E-state index contributed by atoms with van der Waals surface area (Å²) in [6.45, 7) is 4.25. The number of H-pyrrole nitrogens is 2. The Hall–Kier alpha value is -2.20. The van der Waals surface area contributed by atoms with Gasteiger partial charge in [0.25, 0.3) is 11.1 Å². The van der Waals surface area contributed by atoms with Gasteiger partial charge < -0.3 is 9.97 Å². The second kappa shape index (κ2) is 8.66. The van der Waals surface area contributed by atoms with E-state index in [0.29, 0.717) is 16.0 Å². The van der Waals surface area contributed by atoms with Gasteiger partial charge in [-0.2, -0.15) is 0 Å². The number of hydrogen-bond donors (Lipinski definition) is 2. The summed E-state index contributed by atoms with van der Waals surface area (Å²) in [5, 5.41) is 1.81. The van der Waals surface area contributed by atoms with Crippen LogP contribution in [0.3, 0.4) is 0 Å². The van der Waals surface area contributed by atoms with Crippen LogP contribution in [-0.2, 0) is 0 Å². The maximum Gasteiger partial charge on any atom is 0.258 e. The second-order valence-electron chi connectivity index (χ2n) is 5.97. The van der Waals surface area contributed by atoms with Crippen LogP contribution in [0, 0.1) is 3.57 Å². The summed E-state index contributed by atoms with van der Waals surface area (Å²) in [6, 6.07) is 11.4. The third-order valence-electron chi connectivity index (χ3n) is 3.59. The zero-order valence-electron chi connectivity index (χ0n) is 14.7. The molecule has 0 fully saturated rings. The topological polar surface area (TPSA) is 91.5 Å². The van der Waals surface area contributed by atoms with Crippen molar-refractivity contribution in [3.63, 3.8) is 0 Å². The molecule has 0 amide bonds. The normalized spacial score (nSPS) is 10.8. The predicted molar refractivity (Wildman–Crippen MR) is 118 cm³/mol. The lowest BCUT2D eigenvalue weighted by atomic mass is 10.2. The van der Waals surface area contributed by atoms with Gasteiger partial charge in [0.1, 0.15) is 0 Å². The first-order valence-corrected chi connectivity index (χ1v) is 10.2. The molecule has 6 nitrogen and oxygen atoms in total. The van der Waals surface area contributed by atoms with Crippen LogP contribution in [0.2, 0.25) is 0 Å². The highest BCUT2D eigenvalue weighted by Gasteiger charge is 2.03. The van der Waals surface area contributed by atoms with Crippen molar-refractivity contribution in [2.45, 2.75) is 24.0 Å². The molecule has 4 aromatic rings. The van der Waals surface area contributed by atoms with Gasteiger partial charge >= 0.3 is 0 Å². The molecule has 2 N–H and O–H groups in total. The molecule has 2 aromatic carbocycles. The molecule has 0 radical (unpaired) electrons. The Balaban J connectivity index is 0.000000159. The van der Waals surface area contributed by atoms with E-state index in [0.717, 1.165) is 19.5 Å². The van der Waals surface area contributed by atoms with Crippen molar-refractivity contribution >= 4 is 56.2 Å². The highest BCUT2D eigenvalue weighted by atomic mass is 127. The summed E-state index contributed by atoms with van der Waals surface area (Å²) in [5.74, 6) is 0. The minimum atomic E-state index is -0.0847. The largest absolute Gasteiger partial charge is 0.313 e. The average molecular weight is 492 g/mol. The number of aromatic nitrogens is 4. The van der Waals surface area contributed by atoms with Gasteiger partial charge in [0.15, 0.2) is 0 Å². The van der Waals surface area contributed by atoms with Crippen molar-refractivity contribution in [2.75, 3.05) is 0 Å². The Morgan fingerprint density at radius 2 is 1.44 bits per heavy atom. The van der Waals surface area contributed by atoms with Gasteiger partial charge in [0.05, 0.1) is 34.5 Å². The lowest BCUT2D eigenvalue weighted by molar-refractivity contribution is 1.11. The van der Waals surface area contributed by atoms with Crippen molar-refractivity contribution in [2.24, 2.45) is 0 Å². The van der Waals surface area contributed by atoms with E-state index in [1.165, 1.54) is 12.7 Å². The highest BCUT2D eigenvalue weighted by Crippen LogP contribution is 2.24. The minimum Gasteiger partial charge on any atom is -0.313 e. The Morgan fingerprint density at radius 1 is 0.889 bits per heavy atom. The Bertz CT molecular complexity index is 1200. The van der Waals surface area contributed by atoms with Crippen LogP contribution in [0.1, 0.15) is 13.8 Å². The molecule has 138 valence electrons. The fraction of sp³-hybridized carbons (Fsp3) is 0.158. The monoisotopic (exact) mass is 492 g/mol. The fourth-order valence-electron chi connectivity index (χ4n) is 2.43. The van der Waals surface area contributed by atoms with Gasteiger partial charge in [0, 0.05) is 13.7 Å². The molecule has 0 spiro atoms. The SMILES string of the molecule is CC(C)Sc1ccc2nc[nH]c(=O)c2c1.O=c1[nH]cnc2ccc(I)cc12. The Labute approximate surface area is 173 Å². The van der Waals surface area contributed by atoms with Gasteiger partial charge in [-0.1, -0.05) is 13.8 Å². The lowest BCUT2D eigenvalue weighted by Crippen LogP contribution is -2.06. The fourth-order valence-corrected chi connectivity index (χ4v) is 3.80. The standard InChI is InChI=1S/C11H12N2OS.C8H5IN2O/c1-7(2)15-8-3-4-10-9(5-8)11(14)13-6-12-10;9-5-1-2-7-6(3-5)8(12)11-4-10-7/h3-7H,1-2H3,(H,12,13,14);1-4H,(H,10,11,12). The summed E-state index contributed by atoms with van der Waals surface area (Å²) in [5.41, 5.74) is 1.32. The molecule has 0 aliphatic carbocycles. The minimum absolute atomic E-state index is 0.0776. The van der Waals surface area contributed by atoms with Crippen molar-refractivity contribution in [3.8, 4) is 0 Å². The number of thioether (sulfide) groups is 1. The van der Waals surface area contributed by atoms with Crippen molar-refractivity contribution in [1.82, 2.24) is 19.9 Å². The van der Waals surface area contributed by atoms with Gasteiger partial charge in [-0.15, -0.1) is 11.8 Å². The number of rotatable bonds is 2. The van der Waals surface area contributed by atoms with Gasteiger partial charge in [-0.25, -0.2) is 9.97 Å². The molecular formula is C19H17IN4O2S. The molecule has 4 rings (SSSR count). The molecule has 2 aromatic heterocycles. The summed E-state index contributed by atoms with van der Waals surface area (Å²) < 4.78 is 1.04. The average Bonchev–Trinajstić information content (AvgIpc) is 2.63. The smallest absolute Gasteiger partial charge is 0.258 e. The summed E-state index contributed by atoms with van der Waals surface area (Å²) in [7, 11) is 0. The first-order valence-electron chi connectivity index (χ1n) is 8.21. The van der Waals surface area contributed by atoms with Crippen molar-refractivity contribution < 1.29 is 0 Å². The molecule has 0 aliphatic rings. The van der Waals surface area contributed by atoms with E-state index in [1.807, 2.05) is 36.4 Å². The van der Waals surface area contributed by atoms with E-state index in [-0.39, 0.29) is 11.1 Å². The van der Waals surface area contributed by atoms with E-state index in [4.69, 9.17) is 0 Å². The summed E-state index contributed by atoms with van der Waals surface area (Å²) in [4.78, 5) is 37.1. The van der Waals surface area contributed by atoms with Crippen LogP contribution >= 0.6 is 34.4 Å². The van der Waals surface area contributed by atoms with Crippen molar-refractivity contribution in [1.29, 1.82) is 0 Å². The number of hydrogen-bond acceptors (Lipinski definition) is 5. The third-order valence-corrected chi connectivity index (χ3v) is 5.25. The van der Waals surface area contributed by atoms with Crippen LogP contribution < -0.4 is 11.1 Å². The first kappa shape index (κ1) is 19.6. The van der Waals surface area contributed by atoms with Crippen LogP contribution in [0.4, 0.5) is 0 Å². The van der Waals surface area contributed by atoms with Gasteiger partial charge in [0.2, 0.25) is 0 Å². The number of nitrogens with one attached hydrogen (secondary N) is 2. The van der Waals surface area contributed by atoms with E-state index in [2.05, 4.69) is 56.4 Å². The van der Waals surface area contributed by atoms with E-state index >= 15 is 0 Å². The Morgan fingerprint density at radius 3 is 2.04 bits per heavy atom. The zero-order chi connectivity index (χ0) is 19.4. The van der Waals surface area contributed by atoms with Crippen molar-refractivity contribution in [3.05, 3.63) is 73.3 Å². The summed E-state index contributed by atoms with van der Waals surface area (Å²) in [6.07, 6.45) is 2.84. The maximum absolute atomic E-state index is 11.5. The predicted octanol–water partition coefficient (Wildman–Crippen LogP) is 3.95. The molecule has 0 unspecified atom stereocenters. The number of aromatic amines is 2.